The number of imidazole rings is 1. The van der Waals surface area contributed by atoms with Gasteiger partial charge in [-0.2, -0.15) is 0 Å². The quantitative estimate of drug-likeness (QED) is 0.558. The minimum absolute atomic E-state index is 0. The normalized spacial score (nSPS) is 16.2. The van der Waals surface area contributed by atoms with Gasteiger partial charge < -0.3 is 15.0 Å². The molecule has 0 radical (unpaired) electrons. The summed E-state index contributed by atoms with van der Waals surface area (Å²) in [6, 6.07) is 0. The molecule has 0 unspecified atom stereocenters. The van der Waals surface area contributed by atoms with E-state index in [4.69, 9.17) is 4.74 Å². The molecule has 1 amide bonds. The Balaban J connectivity index is 0.000000720. The van der Waals surface area contributed by atoms with Gasteiger partial charge in [0.25, 0.3) is 5.91 Å². The first kappa shape index (κ1) is 6.21. The number of carbonyl (C=O) groups is 1. The van der Waals surface area contributed by atoms with Crippen molar-refractivity contribution in [3.8, 4) is 5.88 Å². The van der Waals surface area contributed by atoms with E-state index in [1.54, 1.807) is 0 Å². The predicted octanol–water partition coefficient (Wildman–Crippen LogP) is 0.0239. The van der Waals surface area contributed by atoms with Gasteiger partial charge in [-0.05, 0) is 0 Å². The van der Waals surface area contributed by atoms with Gasteiger partial charge in [0.1, 0.15) is 6.61 Å². The number of fused-ring (bicyclic) bond motifs is 1. The predicted molar refractivity (Wildman–Crippen MR) is 40.6 cm³/mol. The first-order chi connectivity index (χ1) is 5.38. The van der Waals surface area contributed by atoms with Gasteiger partial charge in [-0.1, -0.05) is 0 Å². The molecule has 0 spiro atoms. The second kappa shape index (κ2) is 2.26. The minimum atomic E-state index is -0.157. The standard InChI is InChI=1S/C6H7N3O2.2H2/c10-5-4-6(9-3-8-4)11-2-1-7-5;;/h3H,1-2H2,(H,7,10)(H,8,9);2*1H. The number of H-pyrrole nitrogens is 1. The molecule has 5 nitrogen and oxygen atoms in total. The molecule has 0 atom stereocenters. The van der Waals surface area contributed by atoms with Crippen LogP contribution in [0.15, 0.2) is 6.33 Å². The van der Waals surface area contributed by atoms with Crippen LogP contribution < -0.4 is 10.1 Å². The number of carbonyl (C=O) groups excluding carboxylic acids is 1. The highest BCUT2D eigenvalue weighted by atomic mass is 16.5. The van der Waals surface area contributed by atoms with Gasteiger partial charge >= 0.3 is 0 Å². The van der Waals surface area contributed by atoms with Gasteiger partial charge in [0.2, 0.25) is 5.88 Å². The fourth-order valence-electron chi connectivity index (χ4n) is 0.955. The molecule has 1 aromatic rings. The Kier molecular flexibility index (Phi) is 1.28. The molecular weight excluding hydrogens is 146 g/mol. The Labute approximate surface area is 65.7 Å². The molecule has 1 aliphatic rings. The molecule has 0 fully saturated rings. The molecule has 0 aliphatic carbocycles. The third-order valence-electron chi connectivity index (χ3n) is 1.46. The van der Waals surface area contributed by atoms with E-state index >= 15 is 0 Å². The molecule has 2 rings (SSSR count). The Bertz CT molecular complexity index is 289. The Morgan fingerprint density at radius 2 is 2.64 bits per heavy atom. The average molecular weight is 157 g/mol. The molecule has 62 valence electrons. The summed E-state index contributed by atoms with van der Waals surface area (Å²) in [5.41, 5.74) is 0.405. The van der Waals surface area contributed by atoms with Crippen LogP contribution in [-0.2, 0) is 0 Å². The Morgan fingerprint density at radius 3 is 3.55 bits per heavy atom. The highest BCUT2D eigenvalue weighted by molar-refractivity contribution is 5.94. The molecular formula is C6H11N3O2. The van der Waals surface area contributed by atoms with Crippen molar-refractivity contribution in [2.75, 3.05) is 13.2 Å². The molecule has 2 heterocycles. The van der Waals surface area contributed by atoms with Crippen molar-refractivity contribution in [1.29, 1.82) is 0 Å². The summed E-state index contributed by atoms with van der Waals surface area (Å²) >= 11 is 0. The highest BCUT2D eigenvalue weighted by Crippen LogP contribution is 2.13. The highest BCUT2D eigenvalue weighted by Gasteiger charge is 2.17. The lowest BCUT2D eigenvalue weighted by Crippen LogP contribution is -2.24. The van der Waals surface area contributed by atoms with Crippen molar-refractivity contribution < 1.29 is 12.4 Å². The summed E-state index contributed by atoms with van der Waals surface area (Å²) in [5.74, 6) is 0.231. The van der Waals surface area contributed by atoms with Gasteiger partial charge in [-0.25, -0.2) is 4.98 Å². The maximum absolute atomic E-state index is 11.1. The van der Waals surface area contributed by atoms with E-state index in [0.717, 1.165) is 0 Å². The molecule has 11 heavy (non-hydrogen) atoms. The number of amides is 1. The van der Waals surface area contributed by atoms with E-state index in [1.165, 1.54) is 6.33 Å². The number of aromatic amines is 1. The number of rotatable bonds is 0. The van der Waals surface area contributed by atoms with Gasteiger partial charge in [0, 0.05) is 2.85 Å². The van der Waals surface area contributed by atoms with Crippen LogP contribution in [0.1, 0.15) is 13.3 Å². The van der Waals surface area contributed by atoms with E-state index in [-0.39, 0.29) is 8.76 Å². The first-order valence-electron chi connectivity index (χ1n) is 3.32. The molecule has 0 aromatic carbocycles. The lowest BCUT2D eigenvalue weighted by molar-refractivity contribution is 0.0953. The molecule has 2 N–H and O–H groups in total. The minimum Gasteiger partial charge on any atom is -0.474 e. The summed E-state index contributed by atoms with van der Waals surface area (Å²) < 4.78 is 5.13. The second-order valence-corrected chi connectivity index (χ2v) is 2.19. The topological polar surface area (TPSA) is 67.0 Å². The molecule has 0 bridgehead atoms. The smallest absolute Gasteiger partial charge is 0.273 e. The monoisotopic (exact) mass is 157 g/mol. The summed E-state index contributed by atoms with van der Waals surface area (Å²) in [6.45, 7) is 1.01. The van der Waals surface area contributed by atoms with Crippen molar-refractivity contribution in [1.82, 2.24) is 15.3 Å². The number of aromatic nitrogens is 2. The summed E-state index contributed by atoms with van der Waals surface area (Å²) in [4.78, 5) is 17.6. The van der Waals surface area contributed by atoms with Crippen LogP contribution >= 0.6 is 0 Å². The first-order valence-corrected chi connectivity index (χ1v) is 3.32. The Morgan fingerprint density at radius 1 is 1.73 bits per heavy atom. The van der Waals surface area contributed by atoms with Crippen LogP contribution in [0.5, 0.6) is 5.88 Å². The summed E-state index contributed by atoms with van der Waals surface area (Å²) in [6.07, 6.45) is 1.44. The average Bonchev–Trinajstić information content (AvgIpc) is 2.40. The van der Waals surface area contributed by atoms with E-state index < -0.39 is 0 Å². The van der Waals surface area contributed by atoms with Crippen LogP contribution in [0, 0.1) is 0 Å². The number of nitrogens with zero attached hydrogens (tertiary/aromatic N) is 1. The zero-order valence-electron chi connectivity index (χ0n) is 5.76. The molecule has 1 aliphatic heterocycles. The maximum atomic E-state index is 11.1. The van der Waals surface area contributed by atoms with E-state index in [0.29, 0.717) is 24.7 Å². The third-order valence-corrected chi connectivity index (χ3v) is 1.46. The summed E-state index contributed by atoms with van der Waals surface area (Å²) in [7, 11) is 0. The van der Waals surface area contributed by atoms with Crippen LogP contribution in [0.4, 0.5) is 0 Å². The summed E-state index contributed by atoms with van der Waals surface area (Å²) in [5, 5.41) is 2.65. The zero-order chi connectivity index (χ0) is 7.68. The maximum Gasteiger partial charge on any atom is 0.273 e. The van der Waals surface area contributed by atoms with Gasteiger partial charge in [-0.3, -0.25) is 4.79 Å². The molecule has 0 saturated carbocycles. The van der Waals surface area contributed by atoms with E-state index in [1.807, 2.05) is 0 Å². The molecule has 1 aromatic heterocycles. The number of hydrogen-bond acceptors (Lipinski definition) is 3. The SMILES string of the molecule is O=C1NCCOc2nc[nH]c21.[HH].[HH]. The van der Waals surface area contributed by atoms with E-state index in [9.17, 15) is 4.79 Å². The fraction of sp³-hybridized carbons (Fsp3) is 0.333. The van der Waals surface area contributed by atoms with Crippen LogP contribution in [0.25, 0.3) is 0 Å². The lowest BCUT2D eigenvalue weighted by atomic mass is 10.4. The van der Waals surface area contributed by atoms with E-state index in [2.05, 4.69) is 15.3 Å². The number of hydrogen-bond donors (Lipinski definition) is 2. The van der Waals surface area contributed by atoms with Crippen LogP contribution in [0.2, 0.25) is 0 Å². The van der Waals surface area contributed by atoms with Crippen LogP contribution in [-0.4, -0.2) is 29.0 Å². The van der Waals surface area contributed by atoms with Crippen molar-refractivity contribution in [2.24, 2.45) is 0 Å². The second-order valence-electron chi connectivity index (χ2n) is 2.19. The van der Waals surface area contributed by atoms with Crippen LogP contribution in [0.3, 0.4) is 0 Å². The van der Waals surface area contributed by atoms with Gasteiger partial charge in [-0.15, -0.1) is 0 Å². The van der Waals surface area contributed by atoms with Gasteiger partial charge in [0.05, 0.1) is 12.9 Å². The molecule has 0 saturated heterocycles. The van der Waals surface area contributed by atoms with Crippen molar-refractivity contribution in [3.05, 3.63) is 12.0 Å². The number of nitrogens with one attached hydrogen (secondary N) is 2. The zero-order valence-corrected chi connectivity index (χ0v) is 5.76. The van der Waals surface area contributed by atoms with Crippen molar-refractivity contribution >= 4 is 5.91 Å². The number of ether oxygens (including phenoxy) is 1. The van der Waals surface area contributed by atoms with Gasteiger partial charge in [0.15, 0.2) is 5.69 Å². The van der Waals surface area contributed by atoms with Crippen molar-refractivity contribution in [3.63, 3.8) is 0 Å². The fourth-order valence-corrected chi connectivity index (χ4v) is 0.955. The Hall–Kier alpha value is -1.52. The largest absolute Gasteiger partial charge is 0.474 e. The third kappa shape index (κ3) is 0.938. The van der Waals surface area contributed by atoms with Crippen molar-refractivity contribution in [2.45, 2.75) is 0 Å². The molecule has 5 heteroatoms. The lowest BCUT2D eigenvalue weighted by Gasteiger charge is -1.95.